The molecule has 0 atom stereocenters. The largest absolute Gasteiger partial charge is 0.454 e. The highest BCUT2D eigenvalue weighted by molar-refractivity contribution is 6.00. The van der Waals surface area contributed by atoms with E-state index < -0.39 is 0 Å². The molecule has 1 saturated heterocycles. The summed E-state index contributed by atoms with van der Waals surface area (Å²) in [6.45, 7) is 1.89. The van der Waals surface area contributed by atoms with E-state index in [1.54, 1.807) is 18.2 Å². The van der Waals surface area contributed by atoms with Crippen molar-refractivity contribution < 1.29 is 19.4 Å². The summed E-state index contributed by atoms with van der Waals surface area (Å²) in [6.07, 6.45) is 1.39. The smallest absolute Gasteiger partial charge is 0.323 e. The third-order valence-corrected chi connectivity index (χ3v) is 4.59. The predicted molar refractivity (Wildman–Crippen MR) is 99.1 cm³/mol. The Morgan fingerprint density at radius 3 is 2.38 bits per heavy atom. The Balaban J connectivity index is 1.34. The zero-order valence-electron chi connectivity index (χ0n) is 14.3. The Labute approximate surface area is 151 Å². The maximum absolute atomic E-state index is 12.2. The number of carbonyl (C=O) groups excluding carboxylic acids is 1. The molecule has 26 heavy (non-hydrogen) atoms. The van der Waals surface area contributed by atoms with Crippen LogP contribution < -0.4 is 25.0 Å². The van der Waals surface area contributed by atoms with Crippen LogP contribution in [0.5, 0.6) is 11.5 Å². The number of piperidine rings is 1. The van der Waals surface area contributed by atoms with Crippen molar-refractivity contribution in [3.05, 3.63) is 42.5 Å². The van der Waals surface area contributed by atoms with Gasteiger partial charge < -0.3 is 30.1 Å². The van der Waals surface area contributed by atoms with Crippen LogP contribution in [-0.4, -0.2) is 37.1 Å². The molecule has 0 radical (unpaired) electrons. The lowest BCUT2D eigenvalue weighted by molar-refractivity contribution is 0.145. The lowest BCUT2D eigenvalue weighted by Gasteiger charge is -2.31. The van der Waals surface area contributed by atoms with Crippen LogP contribution in [0.1, 0.15) is 12.8 Å². The molecule has 2 aliphatic heterocycles. The van der Waals surface area contributed by atoms with Gasteiger partial charge in [0, 0.05) is 36.2 Å². The summed E-state index contributed by atoms with van der Waals surface area (Å²) in [7, 11) is 0. The van der Waals surface area contributed by atoms with Gasteiger partial charge in [-0.15, -0.1) is 0 Å². The summed E-state index contributed by atoms with van der Waals surface area (Å²) in [6, 6.07) is 12.7. The predicted octanol–water partition coefficient (Wildman–Crippen LogP) is 3.02. The highest BCUT2D eigenvalue weighted by Gasteiger charge is 2.17. The van der Waals surface area contributed by atoms with E-state index in [4.69, 9.17) is 9.47 Å². The number of nitrogens with zero attached hydrogens (tertiary/aromatic N) is 1. The zero-order valence-corrected chi connectivity index (χ0v) is 14.3. The number of anilines is 3. The number of hydrogen-bond donors (Lipinski definition) is 3. The van der Waals surface area contributed by atoms with Gasteiger partial charge >= 0.3 is 6.03 Å². The average Bonchev–Trinajstić information content (AvgIpc) is 3.11. The van der Waals surface area contributed by atoms with Gasteiger partial charge in [0.2, 0.25) is 6.79 Å². The Hall–Kier alpha value is -2.93. The number of aliphatic hydroxyl groups is 1. The minimum Gasteiger partial charge on any atom is -0.454 e. The molecule has 0 aliphatic carbocycles. The highest BCUT2D eigenvalue weighted by atomic mass is 16.7. The van der Waals surface area contributed by atoms with Crippen molar-refractivity contribution in [3.63, 3.8) is 0 Å². The topological polar surface area (TPSA) is 83.1 Å². The van der Waals surface area contributed by atoms with Crippen LogP contribution in [0, 0.1) is 0 Å². The molecule has 2 aromatic rings. The second kappa shape index (κ2) is 7.13. The van der Waals surface area contributed by atoms with E-state index >= 15 is 0 Å². The SMILES string of the molecule is O=C(Nc1ccc(N2CCC(O)CC2)cc1)Nc1ccc2c(c1)OCO2. The second-order valence-corrected chi connectivity index (χ2v) is 6.41. The molecule has 0 bridgehead atoms. The molecule has 4 rings (SSSR count). The summed E-state index contributed by atoms with van der Waals surface area (Å²) >= 11 is 0. The Bertz CT molecular complexity index is 786. The molecule has 3 N–H and O–H groups in total. The van der Waals surface area contributed by atoms with Crippen molar-refractivity contribution >= 4 is 23.1 Å². The van der Waals surface area contributed by atoms with Gasteiger partial charge in [-0.1, -0.05) is 0 Å². The maximum atomic E-state index is 12.2. The molecular weight excluding hydrogens is 334 g/mol. The van der Waals surface area contributed by atoms with Gasteiger partial charge in [-0.05, 0) is 49.2 Å². The van der Waals surface area contributed by atoms with Crippen LogP contribution >= 0.6 is 0 Å². The van der Waals surface area contributed by atoms with Crippen molar-refractivity contribution in [2.75, 3.05) is 35.4 Å². The Morgan fingerprint density at radius 2 is 1.62 bits per heavy atom. The first-order valence-electron chi connectivity index (χ1n) is 8.68. The summed E-state index contributed by atoms with van der Waals surface area (Å²) in [4.78, 5) is 14.4. The number of fused-ring (bicyclic) bond motifs is 1. The van der Waals surface area contributed by atoms with E-state index in [9.17, 15) is 9.90 Å². The maximum Gasteiger partial charge on any atom is 0.323 e. The van der Waals surface area contributed by atoms with Gasteiger partial charge in [0.05, 0.1) is 6.10 Å². The quantitative estimate of drug-likeness (QED) is 0.788. The van der Waals surface area contributed by atoms with E-state index in [1.165, 1.54) is 0 Å². The first-order valence-corrected chi connectivity index (χ1v) is 8.68. The summed E-state index contributed by atoms with van der Waals surface area (Å²) < 4.78 is 10.6. The van der Waals surface area contributed by atoms with Gasteiger partial charge in [0.25, 0.3) is 0 Å². The number of hydrogen-bond acceptors (Lipinski definition) is 5. The van der Waals surface area contributed by atoms with Gasteiger partial charge in [0.15, 0.2) is 11.5 Å². The molecule has 2 heterocycles. The van der Waals surface area contributed by atoms with Crippen LogP contribution in [-0.2, 0) is 0 Å². The molecule has 2 aliphatic rings. The fourth-order valence-electron chi connectivity index (χ4n) is 3.15. The number of benzene rings is 2. The number of urea groups is 1. The van der Waals surface area contributed by atoms with E-state index in [1.807, 2.05) is 24.3 Å². The zero-order chi connectivity index (χ0) is 17.9. The normalized spacial score (nSPS) is 16.4. The molecule has 0 saturated carbocycles. The minimum atomic E-state index is -0.322. The molecular formula is C19H21N3O4. The van der Waals surface area contributed by atoms with Crippen LogP contribution in [0.15, 0.2) is 42.5 Å². The standard InChI is InChI=1S/C19H21N3O4/c23-16-7-9-22(10-8-16)15-4-1-13(2-5-15)20-19(24)21-14-3-6-17-18(11-14)26-12-25-17/h1-6,11,16,23H,7-10,12H2,(H2,20,21,24). The van der Waals surface area contributed by atoms with Gasteiger partial charge in [-0.25, -0.2) is 4.79 Å². The number of rotatable bonds is 3. The van der Waals surface area contributed by atoms with E-state index in [2.05, 4.69) is 15.5 Å². The van der Waals surface area contributed by atoms with E-state index in [-0.39, 0.29) is 18.9 Å². The molecule has 0 aromatic heterocycles. The molecule has 0 spiro atoms. The lowest BCUT2D eigenvalue weighted by atomic mass is 10.1. The van der Waals surface area contributed by atoms with E-state index in [0.29, 0.717) is 22.9 Å². The van der Waals surface area contributed by atoms with Gasteiger partial charge in [-0.2, -0.15) is 0 Å². The monoisotopic (exact) mass is 355 g/mol. The molecule has 7 heteroatoms. The van der Waals surface area contributed by atoms with E-state index in [0.717, 1.165) is 31.6 Å². The van der Waals surface area contributed by atoms with Crippen LogP contribution in [0.4, 0.5) is 21.9 Å². The third-order valence-electron chi connectivity index (χ3n) is 4.59. The Kier molecular flexibility index (Phi) is 4.53. The molecule has 136 valence electrons. The fourth-order valence-corrected chi connectivity index (χ4v) is 3.15. The van der Waals surface area contributed by atoms with Crippen LogP contribution in [0.2, 0.25) is 0 Å². The van der Waals surface area contributed by atoms with Gasteiger partial charge in [-0.3, -0.25) is 0 Å². The van der Waals surface area contributed by atoms with Crippen molar-refractivity contribution in [2.45, 2.75) is 18.9 Å². The number of carbonyl (C=O) groups is 1. The molecule has 0 unspecified atom stereocenters. The minimum absolute atomic E-state index is 0.188. The molecule has 7 nitrogen and oxygen atoms in total. The molecule has 2 amide bonds. The first-order chi connectivity index (χ1) is 12.7. The molecule has 2 aromatic carbocycles. The molecule has 1 fully saturated rings. The van der Waals surface area contributed by atoms with Crippen molar-refractivity contribution in [1.82, 2.24) is 0 Å². The lowest BCUT2D eigenvalue weighted by Crippen LogP contribution is -2.35. The number of aliphatic hydroxyl groups excluding tert-OH is 1. The average molecular weight is 355 g/mol. The highest BCUT2D eigenvalue weighted by Crippen LogP contribution is 2.34. The van der Waals surface area contributed by atoms with Crippen LogP contribution in [0.25, 0.3) is 0 Å². The first kappa shape index (κ1) is 16.5. The summed E-state index contributed by atoms with van der Waals surface area (Å²) in [5.74, 6) is 1.30. The van der Waals surface area contributed by atoms with Crippen molar-refractivity contribution in [3.8, 4) is 11.5 Å². The van der Waals surface area contributed by atoms with Gasteiger partial charge in [0.1, 0.15) is 0 Å². The second-order valence-electron chi connectivity index (χ2n) is 6.41. The van der Waals surface area contributed by atoms with Crippen molar-refractivity contribution in [1.29, 1.82) is 0 Å². The number of nitrogens with one attached hydrogen (secondary N) is 2. The fraction of sp³-hybridized carbons (Fsp3) is 0.316. The van der Waals surface area contributed by atoms with Crippen LogP contribution in [0.3, 0.4) is 0 Å². The number of ether oxygens (including phenoxy) is 2. The summed E-state index contributed by atoms with van der Waals surface area (Å²) in [5.41, 5.74) is 2.44. The number of amides is 2. The summed E-state index contributed by atoms with van der Waals surface area (Å²) in [5, 5.41) is 15.2. The Morgan fingerprint density at radius 1 is 0.962 bits per heavy atom. The van der Waals surface area contributed by atoms with Crippen molar-refractivity contribution in [2.24, 2.45) is 0 Å². The third kappa shape index (κ3) is 3.67.